The van der Waals surface area contributed by atoms with E-state index in [1.54, 1.807) is 0 Å². The van der Waals surface area contributed by atoms with Crippen molar-refractivity contribution in [3.8, 4) is 0 Å². The lowest BCUT2D eigenvalue weighted by molar-refractivity contribution is -0.126. The zero-order valence-corrected chi connectivity index (χ0v) is 13.7. The summed E-state index contributed by atoms with van der Waals surface area (Å²) in [5, 5.41) is 6.03. The molecule has 0 radical (unpaired) electrons. The number of likely N-dealkylation sites (tertiary alicyclic amines) is 1. The van der Waals surface area contributed by atoms with Crippen LogP contribution in [0.15, 0.2) is 24.3 Å². The molecule has 1 saturated heterocycles. The van der Waals surface area contributed by atoms with E-state index in [0.29, 0.717) is 25.7 Å². The fraction of sp³-hybridized carbons (Fsp3) is 0.556. The van der Waals surface area contributed by atoms with E-state index in [9.17, 15) is 9.59 Å². The molecule has 1 heterocycles. The van der Waals surface area contributed by atoms with Gasteiger partial charge in [0.1, 0.15) is 0 Å². The van der Waals surface area contributed by atoms with Gasteiger partial charge in [-0.05, 0) is 38.2 Å². The summed E-state index contributed by atoms with van der Waals surface area (Å²) in [6.07, 6.45) is 3.70. The monoisotopic (exact) mass is 315 g/mol. The highest BCUT2D eigenvalue weighted by Gasteiger charge is 2.30. The molecule has 5 nitrogen and oxygen atoms in total. The number of benzene rings is 1. The van der Waals surface area contributed by atoms with Crippen molar-refractivity contribution in [2.24, 2.45) is 5.92 Å². The van der Waals surface area contributed by atoms with E-state index in [-0.39, 0.29) is 17.9 Å². The van der Waals surface area contributed by atoms with Crippen LogP contribution in [0.2, 0.25) is 0 Å². The fourth-order valence-electron chi connectivity index (χ4n) is 2.99. The standard InChI is InChI=1S/C18H25N3O2/c1-13-3-2-4-14(11-13)12-19-17(22)15-7-9-21(10-8-15)18(23)20-16-5-6-16/h2-4,11,15-16H,5-10,12H2,1H3,(H,19,22)(H,20,23). The lowest BCUT2D eigenvalue weighted by atomic mass is 9.96. The average Bonchev–Trinajstić information content (AvgIpc) is 3.37. The van der Waals surface area contributed by atoms with Gasteiger partial charge in [-0.15, -0.1) is 0 Å². The lowest BCUT2D eigenvalue weighted by Gasteiger charge is -2.31. The van der Waals surface area contributed by atoms with Crippen LogP contribution in [0.3, 0.4) is 0 Å². The Labute approximate surface area is 137 Å². The van der Waals surface area contributed by atoms with E-state index < -0.39 is 0 Å². The Balaban J connectivity index is 1.41. The van der Waals surface area contributed by atoms with E-state index in [2.05, 4.69) is 16.7 Å². The van der Waals surface area contributed by atoms with Gasteiger partial charge in [0, 0.05) is 31.6 Å². The highest BCUT2D eigenvalue weighted by molar-refractivity contribution is 5.79. The Kier molecular flexibility index (Phi) is 4.84. The molecule has 1 aliphatic heterocycles. The molecule has 0 atom stereocenters. The third-order valence-electron chi connectivity index (χ3n) is 4.61. The summed E-state index contributed by atoms with van der Waals surface area (Å²) in [7, 11) is 0. The number of urea groups is 1. The van der Waals surface area contributed by atoms with Crippen LogP contribution in [0.4, 0.5) is 4.79 Å². The van der Waals surface area contributed by atoms with Crippen molar-refractivity contribution in [2.75, 3.05) is 13.1 Å². The van der Waals surface area contributed by atoms with Crippen LogP contribution in [0.5, 0.6) is 0 Å². The van der Waals surface area contributed by atoms with Gasteiger partial charge >= 0.3 is 6.03 Å². The molecule has 2 N–H and O–H groups in total. The Morgan fingerprint density at radius 2 is 1.91 bits per heavy atom. The first-order valence-corrected chi connectivity index (χ1v) is 8.50. The number of nitrogens with zero attached hydrogens (tertiary/aromatic N) is 1. The van der Waals surface area contributed by atoms with Crippen molar-refractivity contribution in [1.82, 2.24) is 15.5 Å². The molecule has 124 valence electrons. The molecule has 3 amide bonds. The van der Waals surface area contributed by atoms with E-state index in [0.717, 1.165) is 31.2 Å². The van der Waals surface area contributed by atoms with Crippen molar-refractivity contribution in [2.45, 2.75) is 45.2 Å². The van der Waals surface area contributed by atoms with Crippen LogP contribution < -0.4 is 10.6 Å². The van der Waals surface area contributed by atoms with Gasteiger partial charge in [-0.2, -0.15) is 0 Å². The van der Waals surface area contributed by atoms with Crippen molar-refractivity contribution < 1.29 is 9.59 Å². The quantitative estimate of drug-likeness (QED) is 0.895. The molecular formula is C18H25N3O2. The maximum Gasteiger partial charge on any atom is 0.317 e. The highest BCUT2D eigenvalue weighted by Crippen LogP contribution is 2.21. The Hall–Kier alpha value is -2.04. The van der Waals surface area contributed by atoms with Crippen molar-refractivity contribution >= 4 is 11.9 Å². The van der Waals surface area contributed by atoms with Gasteiger partial charge < -0.3 is 15.5 Å². The summed E-state index contributed by atoms with van der Waals surface area (Å²) in [4.78, 5) is 26.1. The number of piperidine rings is 1. The average molecular weight is 315 g/mol. The number of aryl methyl sites for hydroxylation is 1. The molecule has 0 aromatic heterocycles. The van der Waals surface area contributed by atoms with E-state index in [1.165, 1.54) is 5.56 Å². The molecule has 1 aromatic rings. The minimum absolute atomic E-state index is 0.0183. The number of nitrogens with one attached hydrogen (secondary N) is 2. The number of carbonyl (C=O) groups excluding carboxylic acids is 2. The van der Waals surface area contributed by atoms with Gasteiger partial charge in [0.2, 0.25) is 5.91 Å². The van der Waals surface area contributed by atoms with E-state index >= 15 is 0 Å². The first-order valence-electron chi connectivity index (χ1n) is 8.50. The van der Waals surface area contributed by atoms with Crippen molar-refractivity contribution in [3.05, 3.63) is 35.4 Å². The van der Waals surface area contributed by atoms with Crippen LogP contribution in [-0.4, -0.2) is 36.0 Å². The summed E-state index contributed by atoms with van der Waals surface area (Å²) >= 11 is 0. The molecular weight excluding hydrogens is 290 g/mol. The molecule has 2 aliphatic rings. The second-order valence-corrected chi connectivity index (χ2v) is 6.69. The fourth-order valence-corrected chi connectivity index (χ4v) is 2.99. The highest BCUT2D eigenvalue weighted by atomic mass is 16.2. The predicted molar refractivity (Wildman–Crippen MR) is 88.9 cm³/mol. The molecule has 5 heteroatoms. The molecule has 1 aliphatic carbocycles. The van der Waals surface area contributed by atoms with Gasteiger partial charge in [-0.3, -0.25) is 4.79 Å². The Bertz CT molecular complexity index is 575. The molecule has 2 fully saturated rings. The Morgan fingerprint density at radius 3 is 2.57 bits per heavy atom. The smallest absolute Gasteiger partial charge is 0.317 e. The molecule has 23 heavy (non-hydrogen) atoms. The minimum atomic E-state index is 0.0183. The molecule has 0 spiro atoms. The van der Waals surface area contributed by atoms with Gasteiger partial charge in [0.05, 0.1) is 0 Å². The first-order chi connectivity index (χ1) is 11.1. The maximum atomic E-state index is 12.3. The van der Waals surface area contributed by atoms with E-state index in [4.69, 9.17) is 0 Å². The van der Waals surface area contributed by atoms with Crippen LogP contribution in [0.25, 0.3) is 0 Å². The Morgan fingerprint density at radius 1 is 1.17 bits per heavy atom. The lowest BCUT2D eigenvalue weighted by Crippen LogP contribution is -2.47. The summed E-state index contributed by atoms with van der Waals surface area (Å²) in [6.45, 7) is 3.96. The number of rotatable bonds is 4. The molecule has 1 saturated carbocycles. The molecule has 0 bridgehead atoms. The number of hydrogen-bond acceptors (Lipinski definition) is 2. The van der Waals surface area contributed by atoms with E-state index in [1.807, 2.05) is 30.0 Å². The second-order valence-electron chi connectivity index (χ2n) is 6.69. The van der Waals surface area contributed by atoms with Crippen LogP contribution in [0, 0.1) is 12.8 Å². The van der Waals surface area contributed by atoms with Crippen LogP contribution >= 0.6 is 0 Å². The summed E-state index contributed by atoms with van der Waals surface area (Å²) in [5.74, 6) is 0.124. The van der Waals surface area contributed by atoms with Gasteiger partial charge in [0.25, 0.3) is 0 Å². The third kappa shape index (κ3) is 4.47. The van der Waals surface area contributed by atoms with Gasteiger partial charge in [0.15, 0.2) is 0 Å². The number of hydrogen-bond donors (Lipinski definition) is 2. The second kappa shape index (κ2) is 7.02. The largest absolute Gasteiger partial charge is 0.352 e. The molecule has 1 aromatic carbocycles. The number of carbonyl (C=O) groups is 2. The number of amides is 3. The van der Waals surface area contributed by atoms with Crippen molar-refractivity contribution in [3.63, 3.8) is 0 Å². The van der Waals surface area contributed by atoms with Crippen LogP contribution in [0.1, 0.15) is 36.8 Å². The summed E-state index contributed by atoms with van der Waals surface area (Å²) < 4.78 is 0. The third-order valence-corrected chi connectivity index (χ3v) is 4.61. The molecule has 0 unspecified atom stereocenters. The zero-order chi connectivity index (χ0) is 16.2. The normalized spacial score (nSPS) is 18.6. The van der Waals surface area contributed by atoms with Gasteiger partial charge in [-0.25, -0.2) is 4.79 Å². The first kappa shape index (κ1) is 15.8. The van der Waals surface area contributed by atoms with Crippen molar-refractivity contribution in [1.29, 1.82) is 0 Å². The SMILES string of the molecule is Cc1cccc(CNC(=O)C2CCN(C(=O)NC3CC3)CC2)c1. The maximum absolute atomic E-state index is 12.3. The topological polar surface area (TPSA) is 61.4 Å². The minimum Gasteiger partial charge on any atom is -0.352 e. The van der Waals surface area contributed by atoms with Crippen LogP contribution in [-0.2, 0) is 11.3 Å². The predicted octanol–water partition coefficient (Wildman–Crippen LogP) is 2.20. The van der Waals surface area contributed by atoms with Gasteiger partial charge in [-0.1, -0.05) is 29.8 Å². The zero-order valence-electron chi connectivity index (χ0n) is 13.7. The molecule has 3 rings (SSSR count). The summed E-state index contributed by atoms with van der Waals surface area (Å²) in [5.41, 5.74) is 2.33. The summed E-state index contributed by atoms with van der Waals surface area (Å²) in [6, 6.07) is 8.59.